The van der Waals surface area contributed by atoms with Crippen LogP contribution >= 0.6 is 0 Å². The average molecular weight is 241 g/mol. The molecule has 2 aromatic rings. The maximum absolute atomic E-state index is 11.4. The van der Waals surface area contributed by atoms with Crippen LogP contribution in [-0.2, 0) is 4.79 Å². The number of carbonyl (C=O) groups is 1. The molecule has 1 unspecified atom stereocenters. The zero-order chi connectivity index (χ0) is 12.8. The van der Waals surface area contributed by atoms with Gasteiger partial charge in [-0.3, -0.25) is 4.79 Å². The number of benzene rings is 2. The van der Waals surface area contributed by atoms with Gasteiger partial charge in [-0.15, -0.1) is 0 Å². The van der Waals surface area contributed by atoms with Crippen LogP contribution in [0.4, 0.5) is 5.69 Å². The Kier molecular flexibility index (Phi) is 3.94. The second-order valence-electron chi connectivity index (χ2n) is 3.88. The summed E-state index contributed by atoms with van der Waals surface area (Å²) in [5.41, 5.74) is 13.0. The van der Waals surface area contributed by atoms with Gasteiger partial charge in [0.05, 0.1) is 0 Å². The highest BCUT2D eigenvalue weighted by Gasteiger charge is 2.16. The third-order valence-corrected chi connectivity index (χ3v) is 2.55. The fraction of sp³-hybridized carbons (Fsp3) is 0.0714. The van der Waals surface area contributed by atoms with Crippen molar-refractivity contribution in [1.82, 2.24) is 5.43 Å². The molecule has 0 aromatic heterocycles. The standard InChI is InChI=1S/C14H15N3O/c15-14(18)13(11-7-3-1-4-8-11)17-16-12-9-5-2-6-10-12/h1-10,13,16-17H,(H2,15,18). The SMILES string of the molecule is NC(=O)C(NNc1ccccc1)c1ccccc1. The van der Waals surface area contributed by atoms with Gasteiger partial charge in [-0.2, -0.15) is 0 Å². The number of amides is 1. The summed E-state index contributed by atoms with van der Waals surface area (Å²) < 4.78 is 0. The monoisotopic (exact) mass is 241 g/mol. The van der Waals surface area contributed by atoms with E-state index < -0.39 is 11.9 Å². The van der Waals surface area contributed by atoms with Crippen molar-refractivity contribution >= 4 is 11.6 Å². The van der Waals surface area contributed by atoms with Gasteiger partial charge in [0, 0.05) is 5.69 Å². The van der Waals surface area contributed by atoms with Crippen LogP contribution in [0.15, 0.2) is 60.7 Å². The number of nitrogens with one attached hydrogen (secondary N) is 2. The second kappa shape index (κ2) is 5.84. The number of para-hydroxylation sites is 1. The van der Waals surface area contributed by atoms with Gasteiger partial charge in [0.2, 0.25) is 5.91 Å². The summed E-state index contributed by atoms with van der Waals surface area (Å²) >= 11 is 0. The van der Waals surface area contributed by atoms with Crippen LogP contribution in [0.3, 0.4) is 0 Å². The van der Waals surface area contributed by atoms with E-state index in [1.807, 2.05) is 60.7 Å². The molecular formula is C14H15N3O. The Hall–Kier alpha value is -2.33. The third-order valence-electron chi connectivity index (χ3n) is 2.55. The van der Waals surface area contributed by atoms with Crippen LogP contribution in [0.1, 0.15) is 11.6 Å². The first-order valence-corrected chi connectivity index (χ1v) is 5.68. The van der Waals surface area contributed by atoms with Crippen LogP contribution in [0.25, 0.3) is 0 Å². The van der Waals surface area contributed by atoms with Gasteiger partial charge in [0.1, 0.15) is 6.04 Å². The fourth-order valence-corrected chi connectivity index (χ4v) is 1.64. The summed E-state index contributed by atoms with van der Waals surface area (Å²) in [6, 6.07) is 18.3. The molecule has 4 N–H and O–H groups in total. The van der Waals surface area contributed by atoms with Crippen LogP contribution in [0, 0.1) is 0 Å². The van der Waals surface area contributed by atoms with E-state index in [1.165, 1.54) is 0 Å². The summed E-state index contributed by atoms with van der Waals surface area (Å²) in [6.45, 7) is 0. The molecule has 2 rings (SSSR count). The predicted molar refractivity (Wildman–Crippen MR) is 71.6 cm³/mol. The molecule has 92 valence electrons. The van der Waals surface area contributed by atoms with Crippen molar-refractivity contribution in [2.75, 3.05) is 5.43 Å². The van der Waals surface area contributed by atoms with Crippen molar-refractivity contribution in [1.29, 1.82) is 0 Å². The molecule has 0 aliphatic rings. The quantitative estimate of drug-likeness (QED) is 0.700. The molecule has 0 fully saturated rings. The van der Waals surface area contributed by atoms with E-state index in [-0.39, 0.29) is 0 Å². The van der Waals surface area contributed by atoms with E-state index in [0.29, 0.717) is 0 Å². The average Bonchev–Trinajstić information content (AvgIpc) is 2.41. The molecule has 0 bridgehead atoms. The van der Waals surface area contributed by atoms with Crippen LogP contribution in [0.5, 0.6) is 0 Å². The van der Waals surface area contributed by atoms with Gasteiger partial charge in [-0.05, 0) is 17.7 Å². The highest BCUT2D eigenvalue weighted by molar-refractivity contribution is 5.81. The number of hydrazine groups is 1. The van der Waals surface area contributed by atoms with E-state index >= 15 is 0 Å². The number of hydrogen-bond acceptors (Lipinski definition) is 3. The lowest BCUT2D eigenvalue weighted by molar-refractivity contribution is -0.120. The van der Waals surface area contributed by atoms with Crippen LogP contribution < -0.4 is 16.6 Å². The highest BCUT2D eigenvalue weighted by atomic mass is 16.1. The van der Waals surface area contributed by atoms with Crippen molar-refractivity contribution in [2.45, 2.75) is 6.04 Å². The summed E-state index contributed by atoms with van der Waals surface area (Å²) in [5, 5.41) is 0. The molecule has 1 atom stereocenters. The summed E-state index contributed by atoms with van der Waals surface area (Å²) in [6.07, 6.45) is 0. The molecule has 2 aromatic carbocycles. The number of hydrogen-bond donors (Lipinski definition) is 3. The lowest BCUT2D eigenvalue weighted by Gasteiger charge is -2.17. The van der Waals surface area contributed by atoms with Crippen LogP contribution in [0.2, 0.25) is 0 Å². The van der Waals surface area contributed by atoms with Crippen LogP contribution in [-0.4, -0.2) is 5.91 Å². The van der Waals surface area contributed by atoms with Crippen molar-refractivity contribution in [2.24, 2.45) is 5.73 Å². The maximum atomic E-state index is 11.4. The number of rotatable bonds is 5. The lowest BCUT2D eigenvalue weighted by Crippen LogP contribution is -2.36. The number of anilines is 1. The molecular weight excluding hydrogens is 226 g/mol. The Morgan fingerprint density at radius 3 is 2.06 bits per heavy atom. The number of primary amides is 1. The van der Waals surface area contributed by atoms with Gasteiger partial charge >= 0.3 is 0 Å². The minimum atomic E-state index is -0.564. The molecule has 0 aliphatic carbocycles. The Morgan fingerprint density at radius 2 is 1.50 bits per heavy atom. The maximum Gasteiger partial charge on any atom is 0.240 e. The Labute approximate surface area is 106 Å². The van der Waals surface area contributed by atoms with Gasteiger partial charge in [0.25, 0.3) is 0 Å². The zero-order valence-electron chi connectivity index (χ0n) is 9.84. The normalized spacial score (nSPS) is 11.8. The van der Waals surface area contributed by atoms with Gasteiger partial charge < -0.3 is 11.2 Å². The first kappa shape index (κ1) is 12.1. The minimum absolute atomic E-state index is 0.426. The molecule has 0 radical (unpaired) electrons. The first-order chi connectivity index (χ1) is 8.77. The Morgan fingerprint density at radius 1 is 0.944 bits per heavy atom. The molecule has 0 saturated carbocycles. The largest absolute Gasteiger partial charge is 0.368 e. The molecule has 4 heteroatoms. The predicted octanol–water partition coefficient (Wildman–Crippen LogP) is 1.83. The molecule has 1 amide bonds. The minimum Gasteiger partial charge on any atom is -0.368 e. The molecule has 18 heavy (non-hydrogen) atoms. The Bertz CT molecular complexity index is 499. The van der Waals surface area contributed by atoms with E-state index in [1.54, 1.807) is 0 Å². The van der Waals surface area contributed by atoms with Gasteiger partial charge in [-0.1, -0.05) is 48.5 Å². The van der Waals surface area contributed by atoms with Crippen molar-refractivity contribution in [3.8, 4) is 0 Å². The van der Waals surface area contributed by atoms with Crippen molar-refractivity contribution in [3.63, 3.8) is 0 Å². The second-order valence-corrected chi connectivity index (χ2v) is 3.88. The molecule has 4 nitrogen and oxygen atoms in total. The summed E-state index contributed by atoms with van der Waals surface area (Å²) in [4.78, 5) is 11.4. The highest BCUT2D eigenvalue weighted by Crippen LogP contribution is 2.12. The summed E-state index contributed by atoms with van der Waals surface area (Å²) in [7, 11) is 0. The molecule has 0 spiro atoms. The van der Waals surface area contributed by atoms with Crippen molar-refractivity contribution < 1.29 is 4.79 Å². The molecule has 0 saturated heterocycles. The first-order valence-electron chi connectivity index (χ1n) is 5.68. The number of carbonyl (C=O) groups excluding carboxylic acids is 1. The van der Waals surface area contributed by atoms with E-state index in [0.717, 1.165) is 11.3 Å². The smallest absolute Gasteiger partial charge is 0.240 e. The van der Waals surface area contributed by atoms with Crippen molar-refractivity contribution in [3.05, 3.63) is 66.2 Å². The van der Waals surface area contributed by atoms with Gasteiger partial charge in [0.15, 0.2) is 0 Å². The number of nitrogens with two attached hydrogens (primary N) is 1. The topological polar surface area (TPSA) is 67.2 Å². The van der Waals surface area contributed by atoms with Gasteiger partial charge in [-0.25, -0.2) is 5.43 Å². The zero-order valence-corrected chi connectivity index (χ0v) is 9.84. The van der Waals surface area contributed by atoms with E-state index in [9.17, 15) is 4.79 Å². The van der Waals surface area contributed by atoms with E-state index in [4.69, 9.17) is 5.73 Å². The summed E-state index contributed by atoms with van der Waals surface area (Å²) in [5.74, 6) is -0.426. The third kappa shape index (κ3) is 3.09. The van der Waals surface area contributed by atoms with E-state index in [2.05, 4.69) is 10.9 Å². The Balaban J connectivity index is 2.06. The fourth-order valence-electron chi connectivity index (χ4n) is 1.64. The molecule has 0 aliphatic heterocycles. The molecule has 0 heterocycles. The lowest BCUT2D eigenvalue weighted by atomic mass is 10.1.